The molecular formula is C44H50ClN5O4S2. The first kappa shape index (κ1) is 41.3. The second-order valence-electron chi connectivity index (χ2n) is 14.2. The molecule has 0 bridgehead atoms. The van der Waals surface area contributed by atoms with E-state index in [0.29, 0.717) is 13.2 Å². The van der Waals surface area contributed by atoms with Crippen molar-refractivity contribution in [2.24, 2.45) is 0 Å². The Kier molecular flexibility index (Phi) is 14.5. The zero-order valence-corrected chi connectivity index (χ0v) is 34.5. The molecule has 9 nitrogen and oxygen atoms in total. The van der Waals surface area contributed by atoms with Crippen LogP contribution in [0.5, 0.6) is 0 Å². The molecule has 1 heterocycles. The molecule has 1 atom stereocenters. The van der Waals surface area contributed by atoms with Crippen molar-refractivity contribution in [3.8, 4) is 11.1 Å². The highest BCUT2D eigenvalue weighted by molar-refractivity contribution is 7.99. The van der Waals surface area contributed by atoms with Crippen molar-refractivity contribution < 1.29 is 17.9 Å². The van der Waals surface area contributed by atoms with E-state index in [1.807, 2.05) is 63.5 Å². The predicted octanol–water partition coefficient (Wildman–Crippen LogP) is 7.91. The summed E-state index contributed by atoms with van der Waals surface area (Å²) in [6, 6.07) is 38.6. The Morgan fingerprint density at radius 3 is 2.27 bits per heavy atom. The van der Waals surface area contributed by atoms with Gasteiger partial charge in [-0.1, -0.05) is 66.2 Å². The number of hydrogen-bond donors (Lipinski definition) is 2. The Morgan fingerprint density at radius 1 is 0.875 bits per heavy atom. The molecular weight excluding hydrogens is 762 g/mol. The molecule has 294 valence electrons. The molecule has 1 fully saturated rings. The number of thioether (sulfide) groups is 1. The van der Waals surface area contributed by atoms with E-state index in [1.165, 1.54) is 22.1 Å². The van der Waals surface area contributed by atoms with Crippen molar-refractivity contribution in [2.45, 2.75) is 29.3 Å². The number of ether oxygens (including phenoxy) is 1. The summed E-state index contributed by atoms with van der Waals surface area (Å²) >= 11 is 7.86. The third-order valence-corrected chi connectivity index (χ3v) is 12.5. The van der Waals surface area contributed by atoms with Crippen LogP contribution in [0.2, 0.25) is 5.02 Å². The molecule has 0 saturated carbocycles. The second kappa shape index (κ2) is 19.7. The number of carbonyl (C=O) groups excluding carboxylic acids is 1. The van der Waals surface area contributed by atoms with E-state index >= 15 is 0 Å². The largest absolute Gasteiger partial charge is 0.379 e. The van der Waals surface area contributed by atoms with Gasteiger partial charge in [-0.3, -0.25) is 9.69 Å². The van der Waals surface area contributed by atoms with Gasteiger partial charge in [-0.25, -0.2) is 13.1 Å². The fraction of sp³-hybridized carbons (Fsp3) is 0.295. The number of sulfonamides is 1. The molecule has 0 unspecified atom stereocenters. The molecule has 5 aromatic carbocycles. The van der Waals surface area contributed by atoms with Gasteiger partial charge in [0.05, 0.1) is 24.2 Å². The number of halogens is 1. The lowest BCUT2D eigenvalue weighted by atomic mass is 9.99. The summed E-state index contributed by atoms with van der Waals surface area (Å²) in [6.45, 7) is 8.09. The number of aryl methyl sites for hydroxylation is 1. The molecule has 0 aliphatic carbocycles. The molecule has 12 heteroatoms. The van der Waals surface area contributed by atoms with E-state index in [9.17, 15) is 13.2 Å². The van der Waals surface area contributed by atoms with Crippen LogP contribution < -0.4 is 14.9 Å². The number of hydrogen-bond acceptors (Lipinski definition) is 9. The summed E-state index contributed by atoms with van der Waals surface area (Å²) in [7, 11) is -0.0928. The molecule has 0 radical (unpaired) electrons. The van der Waals surface area contributed by atoms with Crippen LogP contribution in [-0.4, -0.2) is 96.0 Å². The number of likely N-dealkylation sites (N-methyl/N-ethyl adjacent to an activating group) is 1. The maximum atomic E-state index is 13.4. The van der Waals surface area contributed by atoms with Crippen molar-refractivity contribution >= 4 is 50.7 Å². The van der Waals surface area contributed by atoms with Crippen LogP contribution in [0.3, 0.4) is 0 Å². The van der Waals surface area contributed by atoms with E-state index in [2.05, 4.69) is 73.3 Å². The summed E-state index contributed by atoms with van der Waals surface area (Å²) in [5.41, 5.74) is 6.46. The molecule has 2 N–H and O–H groups in total. The molecule has 1 aliphatic rings. The van der Waals surface area contributed by atoms with E-state index in [1.54, 1.807) is 36.0 Å². The first-order valence-corrected chi connectivity index (χ1v) is 21.6. The molecule has 1 saturated heterocycles. The van der Waals surface area contributed by atoms with Crippen LogP contribution in [-0.2, 0) is 21.3 Å². The summed E-state index contributed by atoms with van der Waals surface area (Å²) in [5, 5.41) is 4.28. The number of anilines is 2. The average Bonchev–Trinajstić information content (AvgIpc) is 3.20. The number of carbonyl (C=O) groups is 1. The lowest BCUT2D eigenvalue weighted by Crippen LogP contribution is -2.46. The predicted molar refractivity (Wildman–Crippen MR) is 231 cm³/mol. The van der Waals surface area contributed by atoms with Crippen LogP contribution in [0.4, 0.5) is 11.4 Å². The van der Waals surface area contributed by atoms with Gasteiger partial charge in [0.2, 0.25) is 0 Å². The number of amides is 1. The monoisotopic (exact) mass is 811 g/mol. The first-order chi connectivity index (χ1) is 27.0. The zero-order valence-electron chi connectivity index (χ0n) is 32.2. The van der Waals surface area contributed by atoms with Crippen molar-refractivity contribution in [3.63, 3.8) is 0 Å². The first-order valence-electron chi connectivity index (χ1n) is 18.8. The number of rotatable bonds is 17. The summed E-state index contributed by atoms with van der Waals surface area (Å²) in [6.07, 6.45) is 0. The van der Waals surface area contributed by atoms with E-state index in [-0.39, 0.29) is 16.5 Å². The summed E-state index contributed by atoms with van der Waals surface area (Å²) in [4.78, 5) is 21.2. The highest BCUT2D eigenvalue weighted by Gasteiger charge is 2.22. The number of benzene rings is 5. The van der Waals surface area contributed by atoms with Crippen molar-refractivity contribution in [3.05, 3.63) is 143 Å². The summed E-state index contributed by atoms with van der Waals surface area (Å²) < 4.78 is 35.0. The lowest BCUT2D eigenvalue weighted by molar-refractivity contribution is 0.0981. The topological polar surface area (TPSA) is 94.2 Å². The van der Waals surface area contributed by atoms with E-state index in [4.69, 9.17) is 16.3 Å². The minimum atomic E-state index is -4.12. The van der Waals surface area contributed by atoms with Crippen molar-refractivity contribution in [1.82, 2.24) is 14.5 Å². The third-order valence-electron chi connectivity index (χ3n) is 9.72. The van der Waals surface area contributed by atoms with Gasteiger partial charge in [0.25, 0.3) is 15.9 Å². The average molecular weight is 813 g/mol. The van der Waals surface area contributed by atoms with Gasteiger partial charge in [0.1, 0.15) is 0 Å². The fourth-order valence-corrected chi connectivity index (χ4v) is 8.65. The molecule has 1 aliphatic heterocycles. The highest BCUT2D eigenvalue weighted by Crippen LogP contribution is 2.28. The molecule has 6 rings (SSSR count). The Balaban J connectivity index is 1.02. The lowest BCUT2D eigenvalue weighted by Gasteiger charge is -2.36. The Morgan fingerprint density at radius 2 is 1.57 bits per heavy atom. The van der Waals surface area contributed by atoms with Gasteiger partial charge in [-0.05, 0) is 110 Å². The van der Waals surface area contributed by atoms with Gasteiger partial charge >= 0.3 is 0 Å². The van der Waals surface area contributed by atoms with Crippen molar-refractivity contribution in [1.29, 1.82) is 0 Å². The standard InChI is InChI=1S/C44H50ClN5O4S2/c1-33-29-41(21-22-43(33)46-38(31-54-28-27-48(2)3)32-55-40-10-5-4-6-11-40)56(52,53)47-44(51)35-15-19-39(20-16-35)50-25-23-49(24-26-50)30-36-9-7-8-12-42(36)34-13-17-37(45)18-14-34/h4-22,29,38,46H,23-28,30-32H2,1-3H3,(H,47,51)/t38-/m1/s1. The minimum absolute atomic E-state index is 0.0154. The maximum Gasteiger partial charge on any atom is 0.264 e. The molecule has 0 aromatic heterocycles. The third kappa shape index (κ3) is 11.6. The smallest absolute Gasteiger partial charge is 0.264 e. The maximum absolute atomic E-state index is 13.4. The number of piperazine rings is 1. The highest BCUT2D eigenvalue weighted by atomic mass is 35.5. The number of nitrogens with one attached hydrogen (secondary N) is 2. The molecule has 5 aromatic rings. The van der Waals surface area contributed by atoms with Crippen LogP contribution >= 0.6 is 23.4 Å². The Labute approximate surface area is 341 Å². The van der Waals surface area contributed by atoms with Gasteiger partial charge in [0.15, 0.2) is 0 Å². The quantitative estimate of drug-likeness (QED) is 0.0718. The Hall–Kier alpha value is -4.36. The van der Waals surface area contributed by atoms with E-state index in [0.717, 1.165) is 72.5 Å². The zero-order chi connectivity index (χ0) is 39.5. The normalized spacial score (nSPS) is 14.1. The van der Waals surface area contributed by atoms with Crippen LogP contribution in [0.25, 0.3) is 11.1 Å². The van der Waals surface area contributed by atoms with Gasteiger partial charge in [-0.2, -0.15) is 0 Å². The van der Waals surface area contributed by atoms with Crippen LogP contribution in [0, 0.1) is 6.92 Å². The Bertz CT molecular complexity index is 2150. The summed E-state index contributed by atoms with van der Waals surface area (Å²) in [5.74, 6) is 0.0886. The van der Waals surface area contributed by atoms with Gasteiger partial charge in [-0.15, -0.1) is 11.8 Å². The minimum Gasteiger partial charge on any atom is -0.379 e. The number of nitrogens with zero attached hydrogens (tertiary/aromatic N) is 3. The molecule has 1 amide bonds. The van der Waals surface area contributed by atoms with Crippen LogP contribution in [0.15, 0.2) is 131 Å². The molecule has 0 spiro atoms. The van der Waals surface area contributed by atoms with Gasteiger partial charge < -0.3 is 19.9 Å². The van der Waals surface area contributed by atoms with E-state index < -0.39 is 15.9 Å². The van der Waals surface area contributed by atoms with Gasteiger partial charge in [0, 0.05) is 71.9 Å². The van der Waals surface area contributed by atoms with Crippen molar-refractivity contribution in [2.75, 3.05) is 76.0 Å². The SMILES string of the molecule is Cc1cc(S(=O)(=O)NC(=O)c2ccc(N3CCN(Cc4ccccc4-c4ccc(Cl)cc4)CC3)cc2)ccc1N[C@H](COCCN(C)C)CSc1ccccc1. The molecule has 56 heavy (non-hydrogen) atoms. The fourth-order valence-electron chi connectivity index (χ4n) is 6.54. The second-order valence-corrected chi connectivity index (χ2v) is 17.4. The van der Waals surface area contributed by atoms with Crippen LogP contribution in [0.1, 0.15) is 21.5 Å².